The highest BCUT2D eigenvalue weighted by Crippen LogP contribution is 2.35. The van der Waals surface area contributed by atoms with Crippen molar-refractivity contribution in [2.45, 2.75) is 27.7 Å². The lowest BCUT2D eigenvalue weighted by molar-refractivity contribution is -0.660. The predicted molar refractivity (Wildman–Crippen MR) is 95.2 cm³/mol. The SMILES string of the molecule is Cc1cc(C)c(-c2ccc[n+](C)c2-c2ccncc2C)c(C)c1. The summed E-state index contributed by atoms with van der Waals surface area (Å²) in [4.78, 5) is 4.24. The molecule has 2 aromatic heterocycles. The standard InChI is InChI=1S/C21H23N2/c1-14-11-15(2)20(16(3)12-14)19-7-6-10-23(5)21(19)18-8-9-22-13-17(18)4/h6-13H,1-5H3/q+1. The Kier molecular flexibility index (Phi) is 3.99. The zero-order chi connectivity index (χ0) is 16.6. The van der Waals surface area contributed by atoms with Crippen LogP contribution in [-0.4, -0.2) is 4.98 Å². The Balaban J connectivity index is 2.36. The fourth-order valence-corrected chi connectivity index (χ4v) is 3.49. The van der Waals surface area contributed by atoms with Gasteiger partial charge in [0, 0.05) is 18.5 Å². The topological polar surface area (TPSA) is 16.8 Å². The molecule has 0 bridgehead atoms. The number of aromatic nitrogens is 2. The Morgan fingerprint density at radius 1 is 0.870 bits per heavy atom. The van der Waals surface area contributed by atoms with E-state index in [4.69, 9.17) is 0 Å². The summed E-state index contributed by atoms with van der Waals surface area (Å²) >= 11 is 0. The van der Waals surface area contributed by atoms with E-state index in [1.165, 1.54) is 44.6 Å². The zero-order valence-corrected chi connectivity index (χ0v) is 14.5. The third kappa shape index (κ3) is 2.77. The molecule has 0 radical (unpaired) electrons. The molecule has 0 amide bonds. The van der Waals surface area contributed by atoms with Crippen LogP contribution in [0.2, 0.25) is 0 Å². The Hall–Kier alpha value is -2.48. The number of aryl methyl sites for hydroxylation is 5. The van der Waals surface area contributed by atoms with Gasteiger partial charge in [-0.3, -0.25) is 4.98 Å². The van der Waals surface area contributed by atoms with Gasteiger partial charge in [-0.25, -0.2) is 4.57 Å². The Labute approximate surface area is 138 Å². The molecule has 1 aromatic carbocycles. The second-order valence-electron chi connectivity index (χ2n) is 6.35. The third-order valence-corrected chi connectivity index (χ3v) is 4.40. The number of hydrogen-bond acceptors (Lipinski definition) is 1. The highest BCUT2D eigenvalue weighted by atomic mass is 14.9. The van der Waals surface area contributed by atoms with Crippen LogP contribution >= 0.6 is 0 Å². The first-order valence-electron chi connectivity index (χ1n) is 7.97. The van der Waals surface area contributed by atoms with Gasteiger partial charge in [-0.2, -0.15) is 0 Å². The Morgan fingerprint density at radius 3 is 2.22 bits per heavy atom. The minimum Gasteiger partial charge on any atom is -0.264 e. The average Bonchev–Trinajstić information content (AvgIpc) is 2.47. The van der Waals surface area contributed by atoms with Crippen molar-refractivity contribution >= 4 is 0 Å². The summed E-state index contributed by atoms with van der Waals surface area (Å²) in [5.74, 6) is 0. The molecule has 3 aromatic rings. The van der Waals surface area contributed by atoms with E-state index in [2.05, 4.69) is 80.8 Å². The fraction of sp³-hybridized carbons (Fsp3) is 0.238. The van der Waals surface area contributed by atoms with Crippen molar-refractivity contribution in [2.24, 2.45) is 7.05 Å². The molecule has 0 spiro atoms. The van der Waals surface area contributed by atoms with Crippen LogP contribution in [0.3, 0.4) is 0 Å². The maximum atomic E-state index is 4.24. The van der Waals surface area contributed by atoms with E-state index in [-0.39, 0.29) is 0 Å². The van der Waals surface area contributed by atoms with E-state index in [0.717, 1.165) is 0 Å². The second-order valence-corrected chi connectivity index (χ2v) is 6.35. The van der Waals surface area contributed by atoms with Crippen LogP contribution in [0.25, 0.3) is 22.4 Å². The molecule has 2 heterocycles. The summed E-state index contributed by atoms with van der Waals surface area (Å²) in [5.41, 5.74) is 10.2. The molecule has 23 heavy (non-hydrogen) atoms. The zero-order valence-electron chi connectivity index (χ0n) is 14.5. The van der Waals surface area contributed by atoms with Gasteiger partial charge in [0.25, 0.3) is 0 Å². The lowest BCUT2D eigenvalue weighted by Crippen LogP contribution is -2.31. The van der Waals surface area contributed by atoms with Gasteiger partial charge in [0.1, 0.15) is 7.05 Å². The van der Waals surface area contributed by atoms with Crippen LogP contribution in [0.1, 0.15) is 22.3 Å². The Bertz CT molecular complexity index is 856. The van der Waals surface area contributed by atoms with Gasteiger partial charge in [-0.1, -0.05) is 17.7 Å². The first kappa shape index (κ1) is 15.4. The van der Waals surface area contributed by atoms with E-state index in [1.807, 2.05) is 12.4 Å². The van der Waals surface area contributed by atoms with Gasteiger partial charge < -0.3 is 0 Å². The summed E-state index contributed by atoms with van der Waals surface area (Å²) in [7, 11) is 2.11. The van der Waals surface area contributed by atoms with E-state index in [9.17, 15) is 0 Å². The van der Waals surface area contributed by atoms with Crippen molar-refractivity contribution in [3.05, 3.63) is 71.2 Å². The van der Waals surface area contributed by atoms with Crippen molar-refractivity contribution in [3.8, 4) is 22.4 Å². The summed E-state index contributed by atoms with van der Waals surface area (Å²) < 4.78 is 2.20. The largest absolute Gasteiger partial charge is 0.264 e. The van der Waals surface area contributed by atoms with E-state index >= 15 is 0 Å². The van der Waals surface area contributed by atoms with Crippen molar-refractivity contribution < 1.29 is 4.57 Å². The summed E-state index contributed by atoms with van der Waals surface area (Å²) in [6, 6.07) is 11.0. The number of benzene rings is 1. The summed E-state index contributed by atoms with van der Waals surface area (Å²) in [6.07, 6.45) is 5.91. The van der Waals surface area contributed by atoms with Crippen LogP contribution in [0.4, 0.5) is 0 Å². The molecule has 2 nitrogen and oxygen atoms in total. The number of pyridine rings is 2. The van der Waals surface area contributed by atoms with Crippen LogP contribution in [0.5, 0.6) is 0 Å². The van der Waals surface area contributed by atoms with Crippen molar-refractivity contribution in [1.29, 1.82) is 0 Å². The molecular weight excluding hydrogens is 280 g/mol. The maximum Gasteiger partial charge on any atom is 0.220 e. The quantitative estimate of drug-likeness (QED) is 0.638. The first-order chi connectivity index (χ1) is 11.0. The summed E-state index contributed by atoms with van der Waals surface area (Å²) in [5, 5.41) is 0. The van der Waals surface area contributed by atoms with Crippen LogP contribution in [0.15, 0.2) is 48.9 Å². The molecule has 3 rings (SSSR count). The molecule has 0 aliphatic carbocycles. The normalized spacial score (nSPS) is 10.8. The first-order valence-corrected chi connectivity index (χ1v) is 7.97. The highest BCUT2D eigenvalue weighted by molar-refractivity contribution is 5.83. The predicted octanol–water partition coefficient (Wildman–Crippen LogP) is 4.47. The van der Waals surface area contributed by atoms with Gasteiger partial charge in [0.15, 0.2) is 6.20 Å². The van der Waals surface area contributed by atoms with Gasteiger partial charge >= 0.3 is 0 Å². The van der Waals surface area contributed by atoms with Crippen molar-refractivity contribution in [1.82, 2.24) is 4.98 Å². The monoisotopic (exact) mass is 303 g/mol. The van der Waals surface area contributed by atoms with Gasteiger partial charge in [0.2, 0.25) is 5.69 Å². The van der Waals surface area contributed by atoms with E-state index < -0.39 is 0 Å². The molecular formula is C21H23N2+. The molecule has 0 unspecified atom stereocenters. The molecule has 0 fully saturated rings. The van der Waals surface area contributed by atoms with Crippen LogP contribution in [0, 0.1) is 27.7 Å². The molecule has 0 atom stereocenters. The number of nitrogens with zero attached hydrogens (tertiary/aromatic N) is 2. The fourth-order valence-electron chi connectivity index (χ4n) is 3.49. The lowest BCUT2D eigenvalue weighted by atomic mass is 9.90. The Morgan fingerprint density at radius 2 is 1.57 bits per heavy atom. The minimum absolute atomic E-state index is 1.19. The summed E-state index contributed by atoms with van der Waals surface area (Å²) in [6.45, 7) is 8.67. The highest BCUT2D eigenvalue weighted by Gasteiger charge is 2.21. The maximum absolute atomic E-state index is 4.24. The van der Waals surface area contributed by atoms with Gasteiger partial charge in [-0.15, -0.1) is 0 Å². The molecule has 116 valence electrons. The number of hydrogen-bond donors (Lipinski definition) is 0. The molecule has 0 saturated carbocycles. The van der Waals surface area contributed by atoms with Crippen LogP contribution in [-0.2, 0) is 7.05 Å². The molecule has 0 aliphatic rings. The average molecular weight is 303 g/mol. The van der Waals surface area contributed by atoms with Gasteiger partial charge in [0.05, 0.1) is 11.1 Å². The van der Waals surface area contributed by atoms with Crippen molar-refractivity contribution in [3.63, 3.8) is 0 Å². The second kappa shape index (κ2) is 5.96. The number of rotatable bonds is 2. The molecule has 0 saturated heterocycles. The molecule has 0 N–H and O–H groups in total. The van der Waals surface area contributed by atoms with Gasteiger partial charge in [-0.05, 0) is 62.1 Å². The van der Waals surface area contributed by atoms with Crippen LogP contribution < -0.4 is 4.57 Å². The van der Waals surface area contributed by atoms with E-state index in [0.29, 0.717) is 0 Å². The lowest BCUT2D eigenvalue weighted by Gasteiger charge is -2.14. The third-order valence-electron chi connectivity index (χ3n) is 4.40. The minimum atomic E-state index is 1.19. The molecule has 2 heteroatoms. The van der Waals surface area contributed by atoms with E-state index in [1.54, 1.807) is 0 Å². The smallest absolute Gasteiger partial charge is 0.220 e. The van der Waals surface area contributed by atoms with Crippen molar-refractivity contribution in [2.75, 3.05) is 0 Å². The molecule has 0 aliphatic heterocycles.